The molecule has 2 heterocycles. The molecule has 0 bridgehead atoms. The number of likely N-dealkylation sites (tertiary alicyclic amines) is 1. The predicted octanol–water partition coefficient (Wildman–Crippen LogP) is 0.829. The first kappa shape index (κ1) is 14.6. The summed E-state index contributed by atoms with van der Waals surface area (Å²) in [5, 5.41) is 0. The molecular weight excluding hydrogens is 252 g/mol. The second-order valence-electron chi connectivity index (χ2n) is 5.21. The fraction of sp³-hybridized carbons (Fsp3) is 0.600. The topological polar surface area (TPSA) is 41.4 Å². The highest BCUT2D eigenvalue weighted by Crippen LogP contribution is 2.15. The maximum atomic E-state index is 12.2. The molecule has 20 heavy (non-hydrogen) atoms. The SMILES string of the molecule is CC#CC(=O)N(CCn1ccnc1)C1CCN(C)CC1. The Labute approximate surface area is 120 Å². The number of nitrogens with zero attached hydrogens (tertiary/aromatic N) is 4. The van der Waals surface area contributed by atoms with Crippen molar-refractivity contribution in [2.45, 2.75) is 32.4 Å². The Kier molecular flexibility index (Phi) is 5.19. The van der Waals surface area contributed by atoms with Crippen LogP contribution in [-0.2, 0) is 11.3 Å². The lowest BCUT2D eigenvalue weighted by Gasteiger charge is -2.36. The van der Waals surface area contributed by atoms with Gasteiger partial charge < -0.3 is 14.4 Å². The fourth-order valence-corrected chi connectivity index (χ4v) is 2.58. The van der Waals surface area contributed by atoms with Gasteiger partial charge in [-0.2, -0.15) is 0 Å². The maximum absolute atomic E-state index is 12.2. The van der Waals surface area contributed by atoms with E-state index in [1.54, 1.807) is 19.4 Å². The molecule has 0 saturated carbocycles. The van der Waals surface area contributed by atoms with Crippen LogP contribution in [0.2, 0.25) is 0 Å². The molecule has 1 aliphatic heterocycles. The molecule has 5 heteroatoms. The Morgan fingerprint density at radius 3 is 2.80 bits per heavy atom. The molecular formula is C15H22N4O. The smallest absolute Gasteiger partial charge is 0.298 e. The summed E-state index contributed by atoms with van der Waals surface area (Å²) in [4.78, 5) is 20.5. The Hall–Kier alpha value is -1.80. The summed E-state index contributed by atoms with van der Waals surface area (Å²) in [7, 11) is 2.12. The molecule has 1 aromatic rings. The average molecular weight is 274 g/mol. The van der Waals surface area contributed by atoms with Gasteiger partial charge in [0.25, 0.3) is 5.91 Å². The van der Waals surface area contributed by atoms with Gasteiger partial charge in [0.2, 0.25) is 0 Å². The van der Waals surface area contributed by atoms with Gasteiger partial charge in [-0.15, -0.1) is 0 Å². The first-order valence-corrected chi connectivity index (χ1v) is 7.08. The van der Waals surface area contributed by atoms with Crippen molar-refractivity contribution in [3.8, 4) is 11.8 Å². The van der Waals surface area contributed by atoms with Gasteiger partial charge in [-0.1, -0.05) is 5.92 Å². The number of carbonyl (C=O) groups excluding carboxylic acids is 1. The number of imidazole rings is 1. The van der Waals surface area contributed by atoms with Crippen molar-refractivity contribution in [2.24, 2.45) is 0 Å². The van der Waals surface area contributed by atoms with Crippen LogP contribution in [0.3, 0.4) is 0 Å². The molecule has 1 fully saturated rings. The van der Waals surface area contributed by atoms with Gasteiger partial charge in [-0.05, 0) is 45.8 Å². The van der Waals surface area contributed by atoms with Gasteiger partial charge in [-0.25, -0.2) is 4.98 Å². The maximum Gasteiger partial charge on any atom is 0.298 e. The first-order valence-electron chi connectivity index (χ1n) is 7.08. The largest absolute Gasteiger partial charge is 0.336 e. The molecule has 108 valence electrons. The van der Waals surface area contributed by atoms with Crippen LogP contribution in [-0.4, -0.2) is 58.0 Å². The van der Waals surface area contributed by atoms with E-state index in [1.807, 2.05) is 15.7 Å². The van der Waals surface area contributed by atoms with E-state index in [2.05, 4.69) is 28.8 Å². The molecule has 0 spiro atoms. The van der Waals surface area contributed by atoms with Crippen LogP contribution in [0, 0.1) is 11.8 Å². The number of carbonyl (C=O) groups is 1. The molecule has 1 amide bonds. The van der Waals surface area contributed by atoms with E-state index >= 15 is 0 Å². The molecule has 0 aromatic carbocycles. The van der Waals surface area contributed by atoms with E-state index in [9.17, 15) is 4.79 Å². The number of amides is 1. The van der Waals surface area contributed by atoms with Crippen molar-refractivity contribution in [3.05, 3.63) is 18.7 Å². The number of aromatic nitrogens is 2. The zero-order valence-electron chi connectivity index (χ0n) is 12.2. The quantitative estimate of drug-likeness (QED) is 0.764. The first-order chi connectivity index (χ1) is 9.70. The van der Waals surface area contributed by atoms with E-state index < -0.39 is 0 Å². The van der Waals surface area contributed by atoms with Gasteiger partial charge in [0, 0.05) is 31.5 Å². The van der Waals surface area contributed by atoms with E-state index in [-0.39, 0.29) is 5.91 Å². The minimum Gasteiger partial charge on any atom is -0.336 e. The molecule has 1 aliphatic rings. The van der Waals surface area contributed by atoms with Crippen molar-refractivity contribution in [1.82, 2.24) is 19.4 Å². The third-order valence-electron chi connectivity index (χ3n) is 3.78. The minimum absolute atomic E-state index is 0.0535. The van der Waals surface area contributed by atoms with Crippen LogP contribution >= 0.6 is 0 Å². The summed E-state index contributed by atoms with van der Waals surface area (Å²) in [5.41, 5.74) is 0. The summed E-state index contributed by atoms with van der Waals surface area (Å²) in [5.74, 6) is 5.35. The molecule has 2 rings (SSSR count). The van der Waals surface area contributed by atoms with Gasteiger partial charge in [-0.3, -0.25) is 4.79 Å². The lowest BCUT2D eigenvalue weighted by Crippen LogP contribution is -2.47. The van der Waals surface area contributed by atoms with Crippen molar-refractivity contribution in [2.75, 3.05) is 26.7 Å². The van der Waals surface area contributed by atoms with Crippen LogP contribution in [0.4, 0.5) is 0 Å². The summed E-state index contributed by atoms with van der Waals surface area (Å²) in [6.07, 6.45) is 7.51. The van der Waals surface area contributed by atoms with Crippen LogP contribution in [0.1, 0.15) is 19.8 Å². The highest BCUT2D eigenvalue weighted by Gasteiger charge is 2.25. The van der Waals surface area contributed by atoms with Crippen molar-refractivity contribution in [3.63, 3.8) is 0 Å². The van der Waals surface area contributed by atoms with Crippen LogP contribution in [0.25, 0.3) is 0 Å². The summed E-state index contributed by atoms with van der Waals surface area (Å²) in [6, 6.07) is 0.308. The molecule has 1 aromatic heterocycles. The Bertz CT molecular complexity index is 478. The standard InChI is InChI=1S/C15H22N4O/c1-3-4-15(20)19(12-11-18-10-7-16-13-18)14-5-8-17(2)9-6-14/h7,10,13-14H,5-6,8-9,11-12H2,1-2H3. The highest BCUT2D eigenvalue weighted by molar-refractivity contribution is 5.93. The minimum atomic E-state index is -0.0535. The van der Waals surface area contributed by atoms with E-state index in [0.717, 1.165) is 32.5 Å². The summed E-state index contributed by atoms with van der Waals surface area (Å²) < 4.78 is 1.99. The molecule has 5 nitrogen and oxygen atoms in total. The third kappa shape index (κ3) is 3.84. The molecule has 0 radical (unpaired) electrons. The monoisotopic (exact) mass is 274 g/mol. The van der Waals surface area contributed by atoms with E-state index in [4.69, 9.17) is 0 Å². The molecule has 0 atom stereocenters. The molecule has 0 N–H and O–H groups in total. The van der Waals surface area contributed by atoms with Crippen molar-refractivity contribution < 1.29 is 4.79 Å². The van der Waals surface area contributed by atoms with Crippen molar-refractivity contribution in [1.29, 1.82) is 0 Å². The number of piperidine rings is 1. The number of rotatable bonds is 4. The zero-order valence-corrected chi connectivity index (χ0v) is 12.2. The van der Waals surface area contributed by atoms with E-state index in [0.29, 0.717) is 12.6 Å². The van der Waals surface area contributed by atoms with E-state index in [1.165, 1.54) is 0 Å². The van der Waals surface area contributed by atoms with Gasteiger partial charge in [0.1, 0.15) is 0 Å². The zero-order chi connectivity index (χ0) is 14.4. The lowest BCUT2D eigenvalue weighted by atomic mass is 10.0. The number of hydrogen-bond acceptors (Lipinski definition) is 3. The Balaban J connectivity index is 1.99. The predicted molar refractivity (Wildman–Crippen MR) is 77.9 cm³/mol. The van der Waals surface area contributed by atoms with Gasteiger partial charge in [0.05, 0.1) is 6.33 Å². The molecule has 0 aliphatic carbocycles. The Morgan fingerprint density at radius 2 is 2.20 bits per heavy atom. The molecule has 0 unspecified atom stereocenters. The molecule has 1 saturated heterocycles. The number of hydrogen-bond donors (Lipinski definition) is 0. The highest BCUT2D eigenvalue weighted by atomic mass is 16.2. The normalized spacial score (nSPS) is 16.5. The Morgan fingerprint density at radius 1 is 1.45 bits per heavy atom. The van der Waals surface area contributed by atoms with Gasteiger partial charge in [0.15, 0.2) is 0 Å². The fourth-order valence-electron chi connectivity index (χ4n) is 2.58. The van der Waals surface area contributed by atoms with Gasteiger partial charge >= 0.3 is 0 Å². The average Bonchev–Trinajstić information content (AvgIpc) is 2.94. The summed E-state index contributed by atoms with van der Waals surface area (Å²) in [6.45, 7) is 5.25. The van der Waals surface area contributed by atoms with Crippen LogP contribution < -0.4 is 0 Å². The third-order valence-corrected chi connectivity index (χ3v) is 3.78. The second-order valence-corrected chi connectivity index (χ2v) is 5.21. The van der Waals surface area contributed by atoms with Crippen LogP contribution in [0.15, 0.2) is 18.7 Å². The second kappa shape index (κ2) is 7.11. The van der Waals surface area contributed by atoms with Crippen LogP contribution in [0.5, 0.6) is 0 Å². The summed E-state index contributed by atoms with van der Waals surface area (Å²) >= 11 is 0. The van der Waals surface area contributed by atoms with Crippen molar-refractivity contribution >= 4 is 5.91 Å². The lowest BCUT2D eigenvalue weighted by molar-refractivity contribution is -0.128.